The van der Waals surface area contributed by atoms with Gasteiger partial charge in [-0.1, -0.05) is 18.2 Å². The van der Waals surface area contributed by atoms with Crippen LogP contribution in [0.5, 0.6) is 11.5 Å². The molecule has 3 fully saturated rings. The molecule has 1 unspecified atom stereocenters. The van der Waals surface area contributed by atoms with E-state index in [0.29, 0.717) is 50.5 Å². The summed E-state index contributed by atoms with van der Waals surface area (Å²) in [7, 11) is 3.25. The van der Waals surface area contributed by atoms with Crippen molar-refractivity contribution >= 4 is 51.9 Å². The first-order valence-electron chi connectivity index (χ1n) is 19.6. The molecule has 14 heteroatoms. The molecule has 5 aromatic rings. The third-order valence-corrected chi connectivity index (χ3v) is 12.0. The monoisotopic (exact) mass is 781 g/mol. The molecule has 0 radical (unpaired) electrons. The Balaban J connectivity index is 0.792. The summed E-state index contributed by atoms with van der Waals surface area (Å²) < 4.78 is 11.0. The molecule has 0 saturated carbocycles. The number of amides is 5. The molecule has 9 rings (SSSR count). The highest BCUT2D eigenvalue weighted by atomic mass is 16.5. The molecular formula is C44H43N7O7. The lowest BCUT2D eigenvalue weighted by Gasteiger charge is -2.39. The number of H-pyrrole nitrogens is 1. The number of imide groups is 2. The molecule has 3 saturated heterocycles. The van der Waals surface area contributed by atoms with E-state index in [1.54, 1.807) is 26.4 Å². The van der Waals surface area contributed by atoms with E-state index in [4.69, 9.17) is 14.5 Å². The molecule has 0 aliphatic carbocycles. The standard InChI is InChI=1S/C44H43N7O7/c1-57-37-11-5-28(22-38(37)58-2)35-25-46-40-33(35)21-29(24-45-40)26-3-6-30(7-4-26)49-17-19-50(20-18-49)42(54)27-13-15-48(16-14-27)31-8-9-32-34(23-31)44(56)51(43(32)55)36-10-12-39(52)47-41(36)53/h3-9,11,21-25,27,36H,10,12-20H2,1-2H3,(H,45,46)(H,47,52,53). The Morgan fingerprint density at radius 1 is 0.690 bits per heavy atom. The van der Waals surface area contributed by atoms with Crippen LogP contribution in [0.15, 0.2) is 79.1 Å². The van der Waals surface area contributed by atoms with E-state index in [2.05, 4.69) is 50.4 Å². The fourth-order valence-corrected chi connectivity index (χ4v) is 8.75. The van der Waals surface area contributed by atoms with Gasteiger partial charge in [0.05, 0.1) is 25.3 Å². The van der Waals surface area contributed by atoms with Crippen LogP contribution in [0.1, 0.15) is 46.4 Å². The summed E-state index contributed by atoms with van der Waals surface area (Å²) in [6.07, 6.45) is 5.41. The number of piperazine rings is 1. The molecule has 296 valence electrons. The summed E-state index contributed by atoms with van der Waals surface area (Å²) in [5, 5.41) is 3.24. The van der Waals surface area contributed by atoms with E-state index < -0.39 is 29.7 Å². The molecule has 6 heterocycles. The van der Waals surface area contributed by atoms with Gasteiger partial charge >= 0.3 is 0 Å². The third kappa shape index (κ3) is 6.57. The first kappa shape index (κ1) is 36.9. The van der Waals surface area contributed by atoms with Crippen LogP contribution in [-0.2, 0) is 14.4 Å². The summed E-state index contributed by atoms with van der Waals surface area (Å²) >= 11 is 0. The predicted molar refractivity (Wildman–Crippen MR) is 217 cm³/mol. The minimum Gasteiger partial charge on any atom is -0.493 e. The summed E-state index contributed by atoms with van der Waals surface area (Å²) in [5.41, 5.74) is 7.33. The molecule has 58 heavy (non-hydrogen) atoms. The highest BCUT2D eigenvalue weighted by Gasteiger charge is 2.45. The summed E-state index contributed by atoms with van der Waals surface area (Å²) in [5.74, 6) is -0.637. The van der Waals surface area contributed by atoms with E-state index in [0.717, 1.165) is 62.7 Å². The number of ether oxygens (including phenoxy) is 2. The molecule has 1 atom stereocenters. The van der Waals surface area contributed by atoms with Crippen LogP contribution in [0.25, 0.3) is 33.3 Å². The maximum Gasteiger partial charge on any atom is 0.262 e. The zero-order valence-electron chi connectivity index (χ0n) is 32.3. The summed E-state index contributed by atoms with van der Waals surface area (Å²) in [4.78, 5) is 79.7. The largest absolute Gasteiger partial charge is 0.493 e. The van der Waals surface area contributed by atoms with Crippen molar-refractivity contribution in [3.8, 4) is 33.8 Å². The van der Waals surface area contributed by atoms with Crippen LogP contribution in [0, 0.1) is 5.92 Å². The number of piperidine rings is 2. The topological polar surface area (TPSA) is 157 Å². The molecule has 14 nitrogen and oxygen atoms in total. The van der Waals surface area contributed by atoms with Gasteiger partial charge in [0.2, 0.25) is 17.7 Å². The predicted octanol–water partition coefficient (Wildman–Crippen LogP) is 4.88. The van der Waals surface area contributed by atoms with E-state index in [-0.39, 0.29) is 35.8 Å². The van der Waals surface area contributed by atoms with Crippen LogP contribution in [0.3, 0.4) is 0 Å². The molecular weight excluding hydrogens is 739 g/mol. The average molecular weight is 782 g/mol. The van der Waals surface area contributed by atoms with Crippen LogP contribution in [0.2, 0.25) is 0 Å². The number of aromatic amines is 1. The summed E-state index contributed by atoms with van der Waals surface area (Å²) in [6, 6.07) is 20.7. The Morgan fingerprint density at radius 3 is 2.10 bits per heavy atom. The second-order valence-corrected chi connectivity index (χ2v) is 15.2. The number of pyridine rings is 1. The number of hydrogen-bond acceptors (Lipinski definition) is 10. The highest BCUT2D eigenvalue weighted by molar-refractivity contribution is 6.23. The minimum absolute atomic E-state index is 0.0733. The maximum absolute atomic E-state index is 13.7. The number of rotatable bonds is 8. The van der Waals surface area contributed by atoms with Gasteiger partial charge in [-0.05, 0) is 78.9 Å². The number of nitrogens with zero attached hydrogens (tertiary/aromatic N) is 5. The van der Waals surface area contributed by atoms with E-state index in [1.165, 1.54) is 0 Å². The fourth-order valence-electron chi connectivity index (χ4n) is 8.75. The van der Waals surface area contributed by atoms with Crippen molar-refractivity contribution in [1.29, 1.82) is 0 Å². The molecule has 4 aliphatic rings. The molecule has 2 N–H and O–H groups in total. The fraction of sp³-hybridized carbons (Fsp3) is 0.318. The Kier molecular flexibility index (Phi) is 9.54. The van der Waals surface area contributed by atoms with Gasteiger partial charge < -0.3 is 29.2 Å². The first-order valence-corrected chi connectivity index (χ1v) is 19.6. The zero-order valence-corrected chi connectivity index (χ0v) is 32.3. The molecule has 5 amide bonds. The quantitative estimate of drug-likeness (QED) is 0.208. The lowest BCUT2D eigenvalue weighted by atomic mass is 9.94. The lowest BCUT2D eigenvalue weighted by Crippen LogP contribution is -2.54. The minimum atomic E-state index is -1.00. The van der Waals surface area contributed by atoms with Crippen LogP contribution in [0.4, 0.5) is 11.4 Å². The van der Waals surface area contributed by atoms with Gasteiger partial charge in [-0.2, -0.15) is 0 Å². The van der Waals surface area contributed by atoms with Gasteiger partial charge in [-0.25, -0.2) is 4.98 Å². The number of carbonyl (C=O) groups excluding carboxylic acids is 5. The Hall–Kier alpha value is -6.70. The summed E-state index contributed by atoms with van der Waals surface area (Å²) in [6.45, 7) is 4.08. The van der Waals surface area contributed by atoms with Crippen molar-refractivity contribution in [2.45, 2.75) is 31.7 Å². The zero-order chi connectivity index (χ0) is 40.1. The second-order valence-electron chi connectivity index (χ2n) is 15.2. The van der Waals surface area contributed by atoms with Gasteiger partial charge in [0.1, 0.15) is 11.7 Å². The van der Waals surface area contributed by atoms with Crippen LogP contribution in [-0.4, -0.2) is 109 Å². The van der Waals surface area contributed by atoms with Crippen molar-refractivity contribution in [1.82, 2.24) is 25.1 Å². The van der Waals surface area contributed by atoms with Crippen molar-refractivity contribution in [3.05, 3.63) is 90.3 Å². The molecule has 2 aromatic heterocycles. The SMILES string of the molecule is COc1ccc(-c2c[nH]c3ncc(-c4ccc(N5CCN(C(=O)C6CCN(c7ccc8c(c7)C(=O)N(C7CCC(=O)NC7=O)C8=O)CC6)CC5)cc4)cc23)cc1OC. The Labute approximate surface area is 334 Å². The maximum atomic E-state index is 13.7. The van der Waals surface area contributed by atoms with Crippen molar-refractivity contribution in [3.63, 3.8) is 0 Å². The lowest BCUT2D eigenvalue weighted by molar-refractivity contribution is -0.137. The Morgan fingerprint density at radius 2 is 1.38 bits per heavy atom. The van der Waals surface area contributed by atoms with Crippen LogP contribution < -0.4 is 24.6 Å². The van der Waals surface area contributed by atoms with Crippen molar-refractivity contribution in [2.75, 3.05) is 63.3 Å². The smallest absolute Gasteiger partial charge is 0.262 e. The van der Waals surface area contributed by atoms with E-state index in [1.807, 2.05) is 41.6 Å². The average Bonchev–Trinajstić information content (AvgIpc) is 3.80. The van der Waals surface area contributed by atoms with E-state index >= 15 is 0 Å². The number of anilines is 2. The molecule has 0 spiro atoms. The molecule has 0 bridgehead atoms. The molecule has 3 aromatic carbocycles. The van der Waals surface area contributed by atoms with Gasteiger partial charge in [0, 0.05) is 91.9 Å². The first-order chi connectivity index (χ1) is 28.2. The van der Waals surface area contributed by atoms with Crippen molar-refractivity contribution < 1.29 is 33.4 Å². The number of aromatic nitrogens is 2. The van der Waals surface area contributed by atoms with Gasteiger partial charge in [-0.15, -0.1) is 0 Å². The van der Waals surface area contributed by atoms with E-state index in [9.17, 15) is 24.0 Å². The number of carbonyl (C=O) groups is 5. The normalized spacial score (nSPS) is 18.8. The third-order valence-electron chi connectivity index (χ3n) is 12.0. The van der Waals surface area contributed by atoms with Crippen molar-refractivity contribution in [2.24, 2.45) is 5.92 Å². The Bertz CT molecular complexity index is 2460. The number of hydrogen-bond donors (Lipinski definition) is 2. The number of fused-ring (bicyclic) bond motifs is 2. The van der Waals surface area contributed by atoms with Gasteiger partial charge in [0.15, 0.2) is 11.5 Å². The van der Waals surface area contributed by atoms with Crippen LogP contribution >= 0.6 is 0 Å². The van der Waals surface area contributed by atoms with Gasteiger partial charge in [-0.3, -0.25) is 34.2 Å². The highest BCUT2D eigenvalue weighted by Crippen LogP contribution is 2.37. The van der Waals surface area contributed by atoms with Gasteiger partial charge in [0.25, 0.3) is 11.8 Å². The number of benzene rings is 3. The number of methoxy groups -OCH3 is 2. The molecule has 4 aliphatic heterocycles. The number of nitrogens with one attached hydrogen (secondary N) is 2. The second kappa shape index (κ2) is 15.0.